The van der Waals surface area contributed by atoms with Gasteiger partial charge in [-0.25, -0.2) is 4.98 Å². The fourth-order valence-corrected chi connectivity index (χ4v) is 2.69. The van der Waals surface area contributed by atoms with Gasteiger partial charge in [-0.1, -0.05) is 29.8 Å². The molecule has 2 N–H and O–H groups in total. The molecule has 124 valence electrons. The zero-order valence-electron chi connectivity index (χ0n) is 13.3. The van der Waals surface area contributed by atoms with Crippen LogP contribution in [0.1, 0.15) is 6.92 Å². The second-order valence-electron chi connectivity index (χ2n) is 5.60. The molecule has 0 spiro atoms. The van der Waals surface area contributed by atoms with Gasteiger partial charge in [-0.05, 0) is 19.1 Å². The first-order chi connectivity index (χ1) is 11.5. The fraction of sp³-hybridized carbons (Fsp3) is 0.235. The van der Waals surface area contributed by atoms with Crippen molar-refractivity contribution in [3.8, 4) is 11.1 Å². The Hall–Kier alpha value is -2.44. The summed E-state index contributed by atoms with van der Waals surface area (Å²) in [6.07, 6.45) is 1.65. The van der Waals surface area contributed by atoms with Gasteiger partial charge >= 0.3 is 0 Å². The van der Waals surface area contributed by atoms with Crippen LogP contribution in [0.3, 0.4) is 0 Å². The van der Waals surface area contributed by atoms with E-state index in [1.165, 1.54) is 4.57 Å². The normalized spacial score (nSPS) is 12.3. The van der Waals surface area contributed by atoms with Crippen molar-refractivity contribution in [2.75, 3.05) is 11.9 Å². The third-order valence-corrected chi connectivity index (χ3v) is 4.09. The number of halogens is 1. The Balaban J connectivity index is 2.16. The smallest absolute Gasteiger partial charge is 0.259 e. The summed E-state index contributed by atoms with van der Waals surface area (Å²) < 4.78 is 1.48. The lowest BCUT2D eigenvalue weighted by molar-refractivity contribution is 0.281. The highest BCUT2D eigenvalue weighted by Crippen LogP contribution is 2.26. The van der Waals surface area contributed by atoms with Gasteiger partial charge in [0.25, 0.3) is 5.56 Å². The molecule has 0 aliphatic carbocycles. The number of rotatable bonds is 4. The van der Waals surface area contributed by atoms with E-state index >= 15 is 0 Å². The Kier molecular flexibility index (Phi) is 4.51. The number of pyridine rings is 1. The third-order valence-electron chi connectivity index (χ3n) is 3.76. The Morgan fingerprint density at radius 3 is 2.79 bits per heavy atom. The van der Waals surface area contributed by atoms with Gasteiger partial charge in [-0.15, -0.1) is 0 Å². The van der Waals surface area contributed by atoms with E-state index in [1.54, 1.807) is 25.4 Å². The summed E-state index contributed by atoms with van der Waals surface area (Å²) in [5, 5.41) is 13.3. The van der Waals surface area contributed by atoms with Crippen LogP contribution in [0.4, 0.5) is 5.95 Å². The van der Waals surface area contributed by atoms with Gasteiger partial charge in [-0.3, -0.25) is 9.36 Å². The highest BCUT2D eigenvalue weighted by atomic mass is 35.5. The molecule has 0 aliphatic rings. The van der Waals surface area contributed by atoms with Gasteiger partial charge in [0.15, 0.2) is 0 Å². The van der Waals surface area contributed by atoms with Gasteiger partial charge in [0, 0.05) is 40.8 Å². The van der Waals surface area contributed by atoms with Crippen molar-refractivity contribution in [1.29, 1.82) is 0 Å². The standard InChI is InChI=1S/C17H17ClN4O2/c1-10(9-23)20-17-19-8-11-7-13(12-5-3-4-6-14(12)18)16(24)22(2)15(11)21-17/h3-8,10,23H,9H2,1-2H3,(H,19,20,21)/t10-/m0/s1. The summed E-state index contributed by atoms with van der Waals surface area (Å²) in [5.41, 5.74) is 1.51. The molecule has 2 aromatic heterocycles. The topological polar surface area (TPSA) is 80.0 Å². The molecule has 0 radical (unpaired) electrons. The number of aromatic nitrogens is 3. The van der Waals surface area contributed by atoms with Crippen molar-refractivity contribution in [3.63, 3.8) is 0 Å². The molecule has 3 rings (SSSR count). The summed E-state index contributed by atoms with van der Waals surface area (Å²) in [5.74, 6) is 0.365. The SMILES string of the molecule is C[C@@H](CO)Nc1ncc2cc(-c3ccccc3Cl)c(=O)n(C)c2n1. The average molecular weight is 345 g/mol. The minimum absolute atomic E-state index is 0.0359. The Bertz CT molecular complexity index is 955. The number of aliphatic hydroxyl groups is 1. The van der Waals surface area contributed by atoms with Gasteiger partial charge in [0.05, 0.1) is 6.61 Å². The summed E-state index contributed by atoms with van der Waals surface area (Å²) in [6.45, 7) is 1.78. The average Bonchev–Trinajstić information content (AvgIpc) is 2.59. The van der Waals surface area contributed by atoms with Crippen LogP contribution in [0.15, 0.2) is 41.3 Å². The second kappa shape index (κ2) is 6.59. The van der Waals surface area contributed by atoms with E-state index in [0.29, 0.717) is 27.7 Å². The van der Waals surface area contributed by atoms with Crippen molar-refractivity contribution >= 4 is 28.6 Å². The van der Waals surface area contributed by atoms with Crippen molar-refractivity contribution in [2.45, 2.75) is 13.0 Å². The summed E-state index contributed by atoms with van der Waals surface area (Å²) in [6, 6.07) is 8.79. The van der Waals surface area contributed by atoms with Crippen molar-refractivity contribution < 1.29 is 5.11 Å². The molecular weight excluding hydrogens is 328 g/mol. The number of hydrogen-bond donors (Lipinski definition) is 2. The summed E-state index contributed by atoms with van der Waals surface area (Å²) in [7, 11) is 1.66. The number of hydrogen-bond acceptors (Lipinski definition) is 5. The maximum Gasteiger partial charge on any atom is 0.259 e. The highest BCUT2D eigenvalue weighted by Gasteiger charge is 2.13. The molecule has 0 aliphatic heterocycles. The molecule has 0 saturated heterocycles. The van der Waals surface area contributed by atoms with E-state index in [-0.39, 0.29) is 18.2 Å². The largest absolute Gasteiger partial charge is 0.394 e. The van der Waals surface area contributed by atoms with E-state index in [4.69, 9.17) is 16.7 Å². The Morgan fingerprint density at radius 1 is 1.33 bits per heavy atom. The predicted octanol–water partition coefficient (Wildman–Crippen LogP) is 2.44. The number of nitrogens with one attached hydrogen (secondary N) is 1. The van der Waals surface area contributed by atoms with Crippen molar-refractivity contribution in [3.05, 3.63) is 51.9 Å². The number of aryl methyl sites for hydroxylation is 1. The molecule has 1 aromatic carbocycles. The quantitative estimate of drug-likeness (QED) is 0.760. The molecule has 3 aromatic rings. The molecule has 24 heavy (non-hydrogen) atoms. The van der Waals surface area contributed by atoms with Crippen LogP contribution in [-0.2, 0) is 7.05 Å². The molecule has 0 unspecified atom stereocenters. The van der Waals surface area contributed by atoms with Crippen LogP contribution in [0.2, 0.25) is 5.02 Å². The first-order valence-electron chi connectivity index (χ1n) is 7.50. The zero-order chi connectivity index (χ0) is 17.3. The van der Waals surface area contributed by atoms with E-state index in [9.17, 15) is 4.79 Å². The maximum absolute atomic E-state index is 12.7. The molecule has 1 atom stereocenters. The Labute approximate surface area is 143 Å². The van der Waals surface area contributed by atoms with Crippen molar-refractivity contribution in [1.82, 2.24) is 14.5 Å². The van der Waals surface area contributed by atoms with Crippen LogP contribution in [0.5, 0.6) is 0 Å². The lowest BCUT2D eigenvalue weighted by Crippen LogP contribution is -2.23. The first-order valence-corrected chi connectivity index (χ1v) is 7.88. The first kappa shape index (κ1) is 16.4. The van der Waals surface area contributed by atoms with E-state index in [1.807, 2.05) is 25.1 Å². The van der Waals surface area contributed by atoms with Crippen LogP contribution in [-0.4, -0.2) is 32.3 Å². The number of fused-ring (bicyclic) bond motifs is 1. The summed E-state index contributed by atoms with van der Waals surface area (Å²) in [4.78, 5) is 21.3. The van der Waals surface area contributed by atoms with Crippen LogP contribution in [0.25, 0.3) is 22.2 Å². The van der Waals surface area contributed by atoms with Crippen molar-refractivity contribution in [2.24, 2.45) is 7.05 Å². The summed E-state index contributed by atoms with van der Waals surface area (Å²) >= 11 is 6.22. The lowest BCUT2D eigenvalue weighted by Gasteiger charge is -2.13. The van der Waals surface area contributed by atoms with Gasteiger partial charge in [0.2, 0.25) is 5.95 Å². The zero-order valence-corrected chi connectivity index (χ0v) is 14.1. The Morgan fingerprint density at radius 2 is 2.08 bits per heavy atom. The number of nitrogens with zero attached hydrogens (tertiary/aromatic N) is 3. The number of anilines is 1. The number of aliphatic hydroxyl groups excluding tert-OH is 1. The molecule has 0 saturated carbocycles. The maximum atomic E-state index is 12.7. The number of benzene rings is 1. The molecule has 2 heterocycles. The molecule has 0 bridgehead atoms. The van der Waals surface area contributed by atoms with Crippen LogP contribution < -0.4 is 10.9 Å². The highest BCUT2D eigenvalue weighted by molar-refractivity contribution is 6.33. The van der Waals surface area contributed by atoms with E-state index in [0.717, 1.165) is 5.39 Å². The van der Waals surface area contributed by atoms with E-state index in [2.05, 4.69) is 15.3 Å². The van der Waals surface area contributed by atoms with E-state index < -0.39 is 0 Å². The predicted molar refractivity (Wildman–Crippen MR) is 95.4 cm³/mol. The third kappa shape index (κ3) is 2.98. The van der Waals surface area contributed by atoms with Gasteiger partial charge < -0.3 is 10.4 Å². The minimum atomic E-state index is -0.185. The fourth-order valence-electron chi connectivity index (χ4n) is 2.45. The molecular formula is C17H17ClN4O2. The molecule has 6 nitrogen and oxygen atoms in total. The second-order valence-corrected chi connectivity index (χ2v) is 6.01. The molecule has 7 heteroatoms. The molecule has 0 fully saturated rings. The lowest BCUT2D eigenvalue weighted by atomic mass is 10.1. The monoisotopic (exact) mass is 344 g/mol. The van der Waals surface area contributed by atoms with Crippen LogP contribution in [0, 0.1) is 0 Å². The minimum Gasteiger partial charge on any atom is -0.394 e. The van der Waals surface area contributed by atoms with Gasteiger partial charge in [0.1, 0.15) is 5.65 Å². The van der Waals surface area contributed by atoms with Gasteiger partial charge in [-0.2, -0.15) is 4.98 Å². The van der Waals surface area contributed by atoms with Crippen LogP contribution >= 0.6 is 11.6 Å². The molecule has 0 amide bonds.